The monoisotopic (exact) mass is 408 g/mol. The molecule has 0 fully saturated rings. The van der Waals surface area contributed by atoms with Gasteiger partial charge in [-0.2, -0.15) is 0 Å². The standard InChI is InChI=1S/C21H17FN4O2S/c1-12-2-9-18(29-12)21(28)23-11-19(27)24-15-7-8-16-17(10-15)26-20(25-16)13-3-5-14(22)6-4-13/h2-10H,11H2,1H3,(H,23,28)(H,24,27)(H,25,26). The minimum absolute atomic E-state index is 0.127. The van der Waals surface area contributed by atoms with Gasteiger partial charge in [-0.25, -0.2) is 9.37 Å². The largest absolute Gasteiger partial charge is 0.342 e. The maximum atomic E-state index is 13.1. The second-order valence-corrected chi connectivity index (χ2v) is 7.75. The number of anilines is 1. The smallest absolute Gasteiger partial charge is 0.261 e. The Balaban J connectivity index is 1.42. The van der Waals surface area contributed by atoms with Crippen molar-refractivity contribution in [2.45, 2.75) is 6.92 Å². The molecule has 6 nitrogen and oxygen atoms in total. The maximum Gasteiger partial charge on any atom is 0.261 e. The molecule has 0 aliphatic heterocycles. The molecule has 2 aromatic carbocycles. The van der Waals surface area contributed by atoms with Crippen molar-refractivity contribution in [1.29, 1.82) is 0 Å². The van der Waals surface area contributed by atoms with E-state index in [1.54, 1.807) is 36.4 Å². The lowest BCUT2D eigenvalue weighted by Crippen LogP contribution is -2.32. The number of hydrogen-bond acceptors (Lipinski definition) is 4. The van der Waals surface area contributed by atoms with Crippen LogP contribution in [0.5, 0.6) is 0 Å². The summed E-state index contributed by atoms with van der Waals surface area (Å²) in [5.74, 6) is -0.298. The maximum absolute atomic E-state index is 13.1. The Bertz CT molecular complexity index is 1200. The Morgan fingerprint density at radius 2 is 1.90 bits per heavy atom. The number of amides is 2. The number of rotatable bonds is 5. The summed E-state index contributed by atoms with van der Waals surface area (Å²) in [7, 11) is 0. The molecule has 0 saturated carbocycles. The lowest BCUT2D eigenvalue weighted by Gasteiger charge is -2.06. The summed E-state index contributed by atoms with van der Waals surface area (Å²) in [6.07, 6.45) is 0. The van der Waals surface area contributed by atoms with E-state index in [0.29, 0.717) is 16.4 Å². The van der Waals surface area contributed by atoms with Gasteiger partial charge in [0.25, 0.3) is 5.91 Å². The van der Waals surface area contributed by atoms with Gasteiger partial charge in [0, 0.05) is 16.1 Å². The number of H-pyrrole nitrogens is 1. The van der Waals surface area contributed by atoms with Crippen molar-refractivity contribution in [2.75, 3.05) is 11.9 Å². The molecule has 0 unspecified atom stereocenters. The van der Waals surface area contributed by atoms with Crippen LogP contribution in [0.4, 0.5) is 10.1 Å². The molecule has 0 atom stereocenters. The zero-order valence-corrected chi connectivity index (χ0v) is 16.3. The quantitative estimate of drug-likeness (QED) is 0.464. The molecule has 0 saturated heterocycles. The number of fused-ring (bicyclic) bond motifs is 1. The lowest BCUT2D eigenvalue weighted by atomic mass is 10.2. The first-order valence-corrected chi connectivity index (χ1v) is 9.70. The lowest BCUT2D eigenvalue weighted by molar-refractivity contribution is -0.115. The number of nitrogens with one attached hydrogen (secondary N) is 3. The molecule has 2 amide bonds. The molecule has 29 heavy (non-hydrogen) atoms. The van der Waals surface area contributed by atoms with Crippen molar-refractivity contribution >= 4 is 39.9 Å². The minimum atomic E-state index is -0.329. The molecule has 0 aliphatic rings. The fourth-order valence-electron chi connectivity index (χ4n) is 2.84. The van der Waals surface area contributed by atoms with Gasteiger partial charge in [0.2, 0.25) is 5.91 Å². The molecular formula is C21H17FN4O2S. The third-order valence-electron chi connectivity index (χ3n) is 4.26. The van der Waals surface area contributed by atoms with Gasteiger partial charge in [0.05, 0.1) is 22.5 Å². The highest BCUT2D eigenvalue weighted by atomic mass is 32.1. The number of thiophene rings is 1. The van der Waals surface area contributed by atoms with Gasteiger partial charge in [-0.15, -0.1) is 11.3 Å². The highest BCUT2D eigenvalue weighted by molar-refractivity contribution is 7.13. The zero-order chi connectivity index (χ0) is 20.4. The average Bonchev–Trinajstić information content (AvgIpc) is 3.32. The summed E-state index contributed by atoms with van der Waals surface area (Å²) in [5.41, 5.74) is 2.81. The molecule has 0 bridgehead atoms. The van der Waals surface area contributed by atoms with Crippen LogP contribution in [0.25, 0.3) is 22.4 Å². The Kier molecular flexibility index (Phi) is 5.09. The summed E-state index contributed by atoms with van der Waals surface area (Å²) in [5, 5.41) is 5.36. The van der Waals surface area contributed by atoms with Gasteiger partial charge in [-0.1, -0.05) is 0 Å². The predicted octanol–water partition coefficient (Wildman–Crippen LogP) is 4.11. The van der Waals surface area contributed by atoms with Crippen molar-refractivity contribution in [1.82, 2.24) is 15.3 Å². The van der Waals surface area contributed by atoms with Crippen LogP contribution in [0, 0.1) is 12.7 Å². The zero-order valence-electron chi connectivity index (χ0n) is 15.5. The third kappa shape index (κ3) is 4.33. The number of hydrogen-bond donors (Lipinski definition) is 3. The molecule has 4 aromatic rings. The summed E-state index contributed by atoms with van der Waals surface area (Å²) < 4.78 is 13.1. The first-order valence-electron chi connectivity index (χ1n) is 8.88. The molecule has 0 aliphatic carbocycles. The van der Waals surface area contributed by atoms with Crippen LogP contribution in [0.2, 0.25) is 0 Å². The average molecular weight is 408 g/mol. The van der Waals surface area contributed by atoms with E-state index in [9.17, 15) is 14.0 Å². The Morgan fingerprint density at radius 1 is 1.10 bits per heavy atom. The van der Waals surface area contributed by atoms with Crippen LogP contribution in [-0.2, 0) is 4.79 Å². The van der Waals surface area contributed by atoms with Crippen molar-refractivity contribution in [2.24, 2.45) is 0 Å². The molecular weight excluding hydrogens is 391 g/mol. The number of aromatic amines is 1. The number of nitrogens with zero attached hydrogens (tertiary/aromatic N) is 1. The van der Waals surface area contributed by atoms with E-state index in [1.165, 1.54) is 23.5 Å². The number of carbonyl (C=O) groups excluding carboxylic acids is 2. The van der Waals surface area contributed by atoms with E-state index in [1.807, 2.05) is 13.0 Å². The molecule has 2 heterocycles. The van der Waals surface area contributed by atoms with Crippen LogP contribution in [0.3, 0.4) is 0 Å². The number of imidazole rings is 1. The number of benzene rings is 2. The van der Waals surface area contributed by atoms with E-state index in [-0.39, 0.29) is 24.2 Å². The predicted molar refractivity (Wildman–Crippen MR) is 112 cm³/mol. The van der Waals surface area contributed by atoms with Crippen LogP contribution >= 0.6 is 11.3 Å². The number of aryl methyl sites for hydroxylation is 1. The van der Waals surface area contributed by atoms with E-state index in [0.717, 1.165) is 21.5 Å². The van der Waals surface area contributed by atoms with Crippen LogP contribution in [0.15, 0.2) is 54.6 Å². The van der Waals surface area contributed by atoms with E-state index < -0.39 is 0 Å². The summed E-state index contributed by atoms with van der Waals surface area (Å²) in [6.45, 7) is 1.79. The summed E-state index contributed by atoms with van der Waals surface area (Å²) >= 11 is 1.38. The molecule has 0 spiro atoms. The van der Waals surface area contributed by atoms with Crippen molar-refractivity contribution in [3.8, 4) is 11.4 Å². The molecule has 146 valence electrons. The first-order chi connectivity index (χ1) is 14.0. The Hall–Kier alpha value is -3.52. The molecule has 8 heteroatoms. The van der Waals surface area contributed by atoms with Crippen molar-refractivity contribution in [3.63, 3.8) is 0 Å². The van der Waals surface area contributed by atoms with Crippen molar-refractivity contribution < 1.29 is 14.0 Å². The Morgan fingerprint density at radius 3 is 2.62 bits per heavy atom. The molecule has 0 radical (unpaired) electrons. The third-order valence-corrected chi connectivity index (χ3v) is 5.26. The van der Waals surface area contributed by atoms with Gasteiger partial charge in [-0.3, -0.25) is 9.59 Å². The van der Waals surface area contributed by atoms with Crippen LogP contribution < -0.4 is 10.6 Å². The van der Waals surface area contributed by atoms with Gasteiger partial charge < -0.3 is 15.6 Å². The van der Waals surface area contributed by atoms with Gasteiger partial charge in [-0.05, 0) is 61.5 Å². The number of aromatic nitrogens is 2. The first kappa shape index (κ1) is 18.8. The minimum Gasteiger partial charge on any atom is -0.342 e. The van der Waals surface area contributed by atoms with Crippen LogP contribution in [0.1, 0.15) is 14.5 Å². The second kappa shape index (κ2) is 7.84. The van der Waals surface area contributed by atoms with E-state index in [2.05, 4.69) is 20.6 Å². The molecule has 2 aromatic heterocycles. The fourth-order valence-corrected chi connectivity index (χ4v) is 3.63. The van der Waals surface area contributed by atoms with Crippen molar-refractivity contribution in [3.05, 3.63) is 70.2 Å². The highest BCUT2D eigenvalue weighted by Crippen LogP contribution is 2.23. The summed E-state index contributed by atoms with van der Waals surface area (Å²) in [4.78, 5) is 33.4. The number of halogens is 1. The van der Waals surface area contributed by atoms with Crippen LogP contribution in [-0.4, -0.2) is 28.3 Å². The second-order valence-electron chi connectivity index (χ2n) is 6.47. The Labute approximate surface area is 169 Å². The van der Waals surface area contributed by atoms with E-state index >= 15 is 0 Å². The fraction of sp³-hybridized carbons (Fsp3) is 0.0952. The number of carbonyl (C=O) groups is 2. The molecule has 3 N–H and O–H groups in total. The van der Waals surface area contributed by atoms with E-state index in [4.69, 9.17) is 0 Å². The van der Waals surface area contributed by atoms with Gasteiger partial charge in [0.1, 0.15) is 11.6 Å². The molecule has 4 rings (SSSR count). The summed E-state index contributed by atoms with van der Waals surface area (Å²) in [6, 6.07) is 14.9. The van der Waals surface area contributed by atoms with Gasteiger partial charge >= 0.3 is 0 Å². The normalized spacial score (nSPS) is 10.8. The highest BCUT2D eigenvalue weighted by Gasteiger charge is 2.11. The topological polar surface area (TPSA) is 86.9 Å². The SMILES string of the molecule is Cc1ccc(C(=O)NCC(=O)Nc2ccc3nc(-c4ccc(F)cc4)[nH]c3c2)s1. The van der Waals surface area contributed by atoms with Gasteiger partial charge in [0.15, 0.2) is 0 Å².